The first-order valence-corrected chi connectivity index (χ1v) is 10.5. The van der Waals surface area contributed by atoms with E-state index in [4.69, 9.17) is 16.6 Å². The molecule has 3 nitrogen and oxygen atoms in total. The second kappa shape index (κ2) is 7.16. The maximum Gasteiger partial charge on any atom is 0.262 e. The van der Waals surface area contributed by atoms with E-state index in [1.165, 1.54) is 19.3 Å². The number of aryl methyl sites for hydroxylation is 1. The van der Waals surface area contributed by atoms with Crippen LogP contribution in [0, 0.1) is 12.8 Å². The van der Waals surface area contributed by atoms with Crippen molar-refractivity contribution in [2.75, 3.05) is 5.75 Å². The van der Waals surface area contributed by atoms with Gasteiger partial charge in [-0.3, -0.25) is 9.36 Å². The predicted molar refractivity (Wildman–Crippen MR) is 104 cm³/mol. The number of hydrogen-bond acceptors (Lipinski definition) is 3. The molecule has 0 bridgehead atoms. The number of fused-ring (bicyclic) bond motifs is 1. The number of thioether (sulfide) groups is 1. The summed E-state index contributed by atoms with van der Waals surface area (Å²) in [6.45, 7) is 1.98. The van der Waals surface area contributed by atoms with Gasteiger partial charge in [0.2, 0.25) is 0 Å². The van der Waals surface area contributed by atoms with Gasteiger partial charge in [-0.25, -0.2) is 4.98 Å². The Labute approximate surface area is 157 Å². The van der Waals surface area contributed by atoms with Gasteiger partial charge in [-0.1, -0.05) is 35.9 Å². The van der Waals surface area contributed by atoms with E-state index in [1.54, 1.807) is 11.8 Å². The van der Waals surface area contributed by atoms with Crippen molar-refractivity contribution in [3.63, 3.8) is 0 Å². The summed E-state index contributed by atoms with van der Waals surface area (Å²) in [5.41, 5.74) is 3.83. The molecule has 1 aromatic heterocycles. The van der Waals surface area contributed by atoms with Crippen molar-refractivity contribution in [1.82, 2.24) is 9.55 Å². The SMILES string of the molecule is Cc1c(Cl)cccc1-n1c(SCC2CCC2)nc2c(c1=O)CCCC2. The second-order valence-corrected chi connectivity index (χ2v) is 8.55. The van der Waals surface area contributed by atoms with Crippen LogP contribution in [-0.2, 0) is 12.8 Å². The average molecular weight is 375 g/mol. The molecule has 0 spiro atoms. The molecule has 0 amide bonds. The van der Waals surface area contributed by atoms with Crippen molar-refractivity contribution in [1.29, 1.82) is 0 Å². The molecular formula is C20H23ClN2OS. The summed E-state index contributed by atoms with van der Waals surface area (Å²) in [5.74, 6) is 1.82. The Hall–Kier alpha value is -1.26. The molecular weight excluding hydrogens is 352 g/mol. The molecule has 2 aliphatic rings. The number of halogens is 1. The third-order valence-electron chi connectivity index (χ3n) is 5.47. The van der Waals surface area contributed by atoms with Gasteiger partial charge in [0.1, 0.15) is 0 Å². The average Bonchev–Trinajstić information content (AvgIpc) is 2.57. The summed E-state index contributed by atoms with van der Waals surface area (Å²) in [6, 6.07) is 5.77. The second-order valence-electron chi connectivity index (χ2n) is 7.16. The topological polar surface area (TPSA) is 34.9 Å². The fourth-order valence-electron chi connectivity index (χ4n) is 3.63. The number of benzene rings is 1. The molecule has 0 aliphatic heterocycles. The third-order valence-corrected chi connectivity index (χ3v) is 7.05. The summed E-state index contributed by atoms with van der Waals surface area (Å²) in [4.78, 5) is 18.2. The Morgan fingerprint density at radius 1 is 1.24 bits per heavy atom. The van der Waals surface area contributed by atoms with E-state index >= 15 is 0 Å². The van der Waals surface area contributed by atoms with Crippen molar-refractivity contribution in [3.8, 4) is 5.69 Å². The Morgan fingerprint density at radius 2 is 2.04 bits per heavy atom. The van der Waals surface area contributed by atoms with Crippen LogP contribution in [0.15, 0.2) is 28.2 Å². The molecule has 5 heteroatoms. The molecule has 1 saturated carbocycles. The largest absolute Gasteiger partial charge is 0.269 e. The Kier molecular flexibility index (Phi) is 4.92. The van der Waals surface area contributed by atoms with E-state index in [-0.39, 0.29) is 5.56 Å². The summed E-state index contributed by atoms with van der Waals surface area (Å²) in [7, 11) is 0. The van der Waals surface area contributed by atoms with Crippen molar-refractivity contribution in [2.45, 2.75) is 57.0 Å². The fraction of sp³-hybridized carbons (Fsp3) is 0.500. The molecule has 4 rings (SSSR count). The highest BCUT2D eigenvalue weighted by Gasteiger charge is 2.23. The molecule has 0 N–H and O–H groups in total. The monoisotopic (exact) mass is 374 g/mol. The van der Waals surface area contributed by atoms with Gasteiger partial charge in [-0.2, -0.15) is 0 Å². The van der Waals surface area contributed by atoms with Crippen LogP contribution in [0.1, 0.15) is 48.9 Å². The normalized spacial score (nSPS) is 17.2. The van der Waals surface area contributed by atoms with E-state index in [0.29, 0.717) is 5.02 Å². The Morgan fingerprint density at radius 3 is 2.80 bits per heavy atom. The highest BCUT2D eigenvalue weighted by Crippen LogP contribution is 2.33. The minimum atomic E-state index is 0.103. The van der Waals surface area contributed by atoms with Crippen molar-refractivity contribution in [2.24, 2.45) is 5.92 Å². The van der Waals surface area contributed by atoms with Gasteiger partial charge in [0, 0.05) is 16.3 Å². The summed E-state index contributed by atoms with van der Waals surface area (Å²) >= 11 is 8.06. The van der Waals surface area contributed by atoms with Gasteiger partial charge >= 0.3 is 0 Å². The van der Waals surface area contributed by atoms with Crippen LogP contribution in [-0.4, -0.2) is 15.3 Å². The first-order chi connectivity index (χ1) is 12.1. The lowest BCUT2D eigenvalue weighted by atomic mass is 9.87. The Bertz CT molecular complexity index is 858. The van der Waals surface area contributed by atoms with Crippen LogP contribution in [0.2, 0.25) is 5.02 Å². The van der Waals surface area contributed by atoms with Crippen molar-refractivity contribution < 1.29 is 0 Å². The molecule has 1 fully saturated rings. The lowest BCUT2D eigenvalue weighted by Crippen LogP contribution is -2.30. The predicted octanol–water partition coefficient (Wildman–Crippen LogP) is 4.97. The summed E-state index contributed by atoms with van der Waals surface area (Å²) in [5, 5.41) is 1.53. The van der Waals surface area contributed by atoms with Gasteiger partial charge < -0.3 is 0 Å². The van der Waals surface area contributed by atoms with Crippen LogP contribution < -0.4 is 5.56 Å². The van der Waals surface area contributed by atoms with E-state index in [2.05, 4.69) is 0 Å². The zero-order chi connectivity index (χ0) is 17.4. The van der Waals surface area contributed by atoms with E-state index < -0.39 is 0 Å². The third kappa shape index (κ3) is 3.26. The molecule has 25 heavy (non-hydrogen) atoms. The zero-order valence-electron chi connectivity index (χ0n) is 14.6. The Balaban J connectivity index is 1.84. The van der Waals surface area contributed by atoms with Crippen LogP contribution in [0.5, 0.6) is 0 Å². The zero-order valence-corrected chi connectivity index (χ0v) is 16.1. The van der Waals surface area contributed by atoms with Crippen LogP contribution in [0.4, 0.5) is 0 Å². The van der Waals surface area contributed by atoms with Crippen molar-refractivity contribution >= 4 is 23.4 Å². The first-order valence-electron chi connectivity index (χ1n) is 9.18. The smallest absolute Gasteiger partial charge is 0.262 e. The molecule has 1 heterocycles. The summed E-state index contributed by atoms with van der Waals surface area (Å²) < 4.78 is 1.81. The first kappa shape index (κ1) is 17.2. The lowest BCUT2D eigenvalue weighted by Gasteiger charge is -2.26. The maximum atomic E-state index is 13.3. The minimum Gasteiger partial charge on any atom is -0.269 e. The van der Waals surface area contributed by atoms with Crippen LogP contribution in [0.3, 0.4) is 0 Å². The van der Waals surface area contributed by atoms with E-state index in [1.807, 2.05) is 29.7 Å². The number of rotatable bonds is 4. The highest BCUT2D eigenvalue weighted by molar-refractivity contribution is 7.99. The maximum absolute atomic E-state index is 13.3. The van der Waals surface area contributed by atoms with E-state index in [9.17, 15) is 4.79 Å². The molecule has 0 saturated heterocycles. The molecule has 0 radical (unpaired) electrons. The number of aromatic nitrogens is 2. The van der Waals surface area contributed by atoms with E-state index in [0.717, 1.165) is 65.0 Å². The lowest BCUT2D eigenvalue weighted by molar-refractivity contribution is 0.353. The molecule has 132 valence electrons. The quantitative estimate of drug-likeness (QED) is 0.560. The van der Waals surface area contributed by atoms with Crippen LogP contribution in [0.25, 0.3) is 5.69 Å². The van der Waals surface area contributed by atoms with Gasteiger partial charge in [-0.15, -0.1) is 0 Å². The van der Waals surface area contributed by atoms with Gasteiger partial charge in [-0.05, 0) is 69.1 Å². The molecule has 1 aromatic carbocycles. The van der Waals surface area contributed by atoms with Gasteiger partial charge in [0.25, 0.3) is 5.56 Å². The van der Waals surface area contributed by atoms with Gasteiger partial charge in [0.15, 0.2) is 5.16 Å². The highest BCUT2D eigenvalue weighted by atomic mass is 35.5. The van der Waals surface area contributed by atoms with Crippen molar-refractivity contribution in [3.05, 3.63) is 50.4 Å². The molecule has 0 unspecified atom stereocenters. The van der Waals surface area contributed by atoms with Gasteiger partial charge in [0.05, 0.1) is 11.4 Å². The number of nitrogens with zero attached hydrogens (tertiary/aromatic N) is 2. The molecule has 0 atom stereocenters. The molecule has 2 aromatic rings. The molecule has 2 aliphatic carbocycles. The number of hydrogen-bond donors (Lipinski definition) is 0. The summed E-state index contributed by atoms with van der Waals surface area (Å²) in [6.07, 6.45) is 7.92. The van der Waals surface area contributed by atoms with Crippen LogP contribution >= 0.6 is 23.4 Å². The minimum absolute atomic E-state index is 0.103. The standard InChI is InChI=1S/C20H23ClN2OS/c1-13-16(21)9-5-11-18(13)23-19(24)15-8-2-3-10-17(15)22-20(23)25-12-14-6-4-7-14/h5,9,11,14H,2-4,6-8,10,12H2,1H3. The fourth-order valence-corrected chi connectivity index (χ4v) is 5.00.